The van der Waals surface area contributed by atoms with Crippen LogP contribution in [0.3, 0.4) is 0 Å². The minimum absolute atomic E-state index is 0.0216. The van der Waals surface area contributed by atoms with Gasteiger partial charge in [0, 0.05) is 16.6 Å². The Kier molecular flexibility index (Phi) is 5.60. The number of ether oxygens (including phenoxy) is 1. The molecule has 5 rings (SSSR count). The maximum atomic E-state index is 13.3. The fraction of sp³-hybridized carbons (Fsp3) is 0.103. The van der Waals surface area contributed by atoms with E-state index in [1.165, 1.54) is 0 Å². The van der Waals surface area contributed by atoms with Crippen LogP contribution in [0.2, 0.25) is 0 Å². The van der Waals surface area contributed by atoms with Gasteiger partial charge in [-0.15, -0.1) is 0 Å². The van der Waals surface area contributed by atoms with Crippen molar-refractivity contribution in [2.75, 3.05) is 11.9 Å². The first-order chi connectivity index (χ1) is 16.5. The molecule has 0 aliphatic heterocycles. The highest BCUT2D eigenvalue weighted by Crippen LogP contribution is 2.31. The van der Waals surface area contributed by atoms with Gasteiger partial charge in [-0.1, -0.05) is 72.3 Å². The van der Waals surface area contributed by atoms with Crippen LogP contribution in [0.15, 0.2) is 94.1 Å². The van der Waals surface area contributed by atoms with Gasteiger partial charge in [0.2, 0.25) is 11.2 Å². The average molecular weight is 450 g/mol. The molecule has 0 saturated heterocycles. The molecular formula is C29H23NO4. The Morgan fingerprint density at radius 2 is 1.59 bits per heavy atom. The van der Waals surface area contributed by atoms with Crippen LogP contribution in [0.4, 0.5) is 5.69 Å². The SMILES string of the molecule is Cc1ccc(-c2oc3cc(C)ccc3c(=O)c2OCC(=O)Nc2cccc3ccccc23)cc1. The fourth-order valence-corrected chi connectivity index (χ4v) is 3.97. The predicted molar refractivity (Wildman–Crippen MR) is 135 cm³/mol. The number of fused-ring (bicyclic) bond motifs is 2. The molecule has 0 unspecified atom stereocenters. The van der Waals surface area contributed by atoms with Crippen LogP contribution in [0.5, 0.6) is 5.75 Å². The topological polar surface area (TPSA) is 68.5 Å². The molecule has 0 aliphatic rings. The van der Waals surface area contributed by atoms with Gasteiger partial charge in [-0.3, -0.25) is 9.59 Å². The number of benzene rings is 4. The van der Waals surface area contributed by atoms with Crippen LogP contribution in [0.1, 0.15) is 11.1 Å². The molecule has 168 valence electrons. The Balaban J connectivity index is 1.48. The molecule has 5 nitrogen and oxygen atoms in total. The van der Waals surface area contributed by atoms with Crippen molar-refractivity contribution in [1.82, 2.24) is 0 Å². The summed E-state index contributed by atoms with van der Waals surface area (Å²) in [6.07, 6.45) is 0. The number of nitrogens with one attached hydrogen (secondary N) is 1. The predicted octanol–water partition coefficient (Wildman–Crippen LogP) is 6.25. The highest BCUT2D eigenvalue weighted by molar-refractivity contribution is 6.02. The number of amides is 1. The van der Waals surface area contributed by atoms with E-state index in [4.69, 9.17) is 9.15 Å². The molecule has 0 bridgehead atoms. The molecule has 0 atom stereocenters. The Hall–Kier alpha value is -4.38. The maximum Gasteiger partial charge on any atom is 0.262 e. The van der Waals surface area contributed by atoms with E-state index in [1.54, 1.807) is 6.07 Å². The minimum atomic E-state index is -0.366. The van der Waals surface area contributed by atoms with E-state index in [0.717, 1.165) is 21.9 Å². The van der Waals surface area contributed by atoms with Crippen molar-refractivity contribution in [2.24, 2.45) is 0 Å². The Bertz CT molecular complexity index is 1580. The van der Waals surface area contributed by atoms with E-state index >= 15 is 0 Å². The smallest absolute Gasteiger partial charge is 0.262 e. The summed E-state index contributed by atoms with van der Waals surface area (Å²) in [5, 5.41) is 5.25. The molecule has 1 heterocycles. The standard InChI is InChI=1S/C29H23NO4/c1-18-10-13-21(14-11-18)28-29(27(32)23-15-12-19(2)16-25(23)34-28)33-17-26(31)30-24-9-5-7-20-6-3-4-8-22(20)24/h3-16H,17H2,1-2H3,(H,30,31). The van der Waals surface area contributed by atoms with E-state index < -0.39 is 0 Å². The number of hydrogen-bond acceptors (Lipinski definition) is 4. The summed E-state index contributed by atoms with van der Waals surface area (Å²) >= 11 is 0. The quantitative estimate of drug-likeness (QED) is 0.344. The zero-order chi connectivity index (χ0) is 23.7. The zero-order valence-corrected chi connectivity index (χ0v) is 18.9. The highest BCUT2D eigenvalue weighted by atomic mass is 16.5. The van der Waals surface area contributed by atoms with Crippen LogP contribution < -0.4 is 15.5 Å². The van der Waals surface area contributed by atoms with Crippen molar-refractivity contribution in [3.8, 4) is 17.1 Å². The molecule has 4 aromatic carbocycles. The van der Waals surface area contributed by atoms with E-state index in [-0.39, 0.29) is 23.7 Å². The molecule has 0 aliphatic carbocycles. The number of anilines is 1. The van der Waals surface area contributed by atoms with E-state index in [9.17, 15) is 9.59 Å². The number of carbonyl (C=O) groups is 1. The second-order valence-corrected chi connectivity index (χ2v) is 8.32. The monoisotopic (exact) mass is 449 g/mol. The number of aryl methyl sites for hydroxylation is 2. The summed E-state index contributed by atoms with van der Waals surface area (Å²) in [5.41, 5.74) is 3.62. The third kappa shape index (κ3) is 4.16. The summed E-state index contributed by atoms with van der Waals surface area (Å²) in [5.74, 6) is -0.0380. The molecule has 5 heteroatoms. The molecule has 1 amide bonds. The lowest BCUT2D eigenvalue weighted by atomic mass is 10.1. The lowest BCUT2D eigenvalue weighted by Gasteiger charge is -2.13. The molecule has 34 heavy (non-hydrogen) atoms. The third-order valence-corrected chi connectivity index (χ3v) is 5.73. The largest absolute Gasteiger partial charge is 0.476 e. The number of rotatable bonds is 5. The van der Waals surface area contributed by atoms with E-state index in [1.807, 2.05) is 92.7 Å². The average Bonchev–Trinajstić information content (AvgIpc) is 2.84. The summed E-state index contributed by atoms with van der Waals surface area (Å²) < 4.78 is 12.0. The fourth-order valence-electron chi connectivity index (χ4n) is 3.97. The van der Waals surface area contributed by atoms with Crippen molar-refractivity contribution < 1.29 is 13.9 Å². The van der Waals surface area contributed by atoms with Crippen molar-refractivity contribution in [1.29, 1.82) is 0 Å². The molecule has 1 N–H and O–H groups in total. The van der Waals surface area contributed by atoms with Crippen LogP contribution >= 0.6 is 0 Å². The van der Waals surface area contributed by atoms with Gasteiger partial charge >= 0.3 is 0 Å². The third-order valence-electron chi connectivity index (χ3n) is 5.73. The molecular weight excluding hydrogens is 426 g/mol. The first-order valence-electron chi connectivity index (χ1n) is 11.0. The first-order valence-corrected chi connectivity index (χ1v) is 11.0. The molecule has 0 radical (unpaired) electrons. The van der Waals surface area contributed by atoms with Crippen LogP contribution in [-0.2, 0) is 4.79 Å². The van der Waals surface area contributed by atoms with Gasteiger partial charge in [-0.25, -0.2) is 0 Å². The minimum Gasteiger partial charge on any atom is -0.476 e. The van der Waals surface area contributed by atoms with Crippen LogP contribution in [0.25, 0.3) is 33.1 Å². The van der Waals surface area contributed by atoms with Gasteiger partial charge in [0.1, 0.15) is 5.58 Å². The summed E-state index contributed by atoms with van der Waals surface area (Å²) in [7, 11) is 0. The molecule has 1 aromatic heterocycles. The van der Waals surface area contributed by atoms with Crippen molar-refractivity contribution in [2.45, 2.75) is 13.8 Å². The number of carbonyl (C=O) groups excluding carboxylic acids is 1. The van der Waals surface area contributed by atoms with Gasteiger partial charge in [-0.05, 0) is 43.0 Å². The highest BCUT2D eigenvalue weighted by Gasteiger charge is 2.19. The van der Waals surface area contributed by atoms with Crippen LogP contribution in [-0.4, -0.2) is 12.5 Å². The van der Waals surface area contributed by atoms with Gasteiger partial charge in [0.05, 0.1) is 5.39 Å². The van der Waals surface area contributed by atoms with Crippen molar-refractivity contribution in [3.63, 3.8) is 0 Å². The molecule has 0 fully saturated rings. The van der Waals surface area contributed by atoms with Gasteiger partial charge in [-0.2, -0.15) is 0 Å². The van der Waals surface area contributed by atoms with Gasteiger partial charge in [0.15, 0.2) is 12.4 Å². The van der Waals surface area contributed by atoms with Crippen molar-refractivity contribution >= 4 is 33.3 Å². The lowest BCUT2D eigenvalue weighted by molar-refractivity contribution is -0.118. The molecule has 0 spiro atoms. The van der Waals surface area contributed by atoms with E-state index in [2.05, 4.69) is 5.32 Å². The lowest BCUT2D eigenvalue weighted by Crippen LogP contribution is -2.22. The summed E-state index contributed by atoms with van der Waals surface area (Å²) in [6.45, 7) is 3.59. The number of hydrogen-bond donors (Lipinski definition) is 1. The Labute approximate surface area is 196 Å². The summed E-state index contributed by atoms with van der Waals surface area (Å²) in [6, 6.07) is 26.5. The van der Waals surface area contributed by atoms with Crippen LogP contribution in [0, 0.1) is 13.8 Å². The Morgan fingerprint density at radius 3 is 2.41 bits per heavy atom. The maximum absolute atomic E-state index is 13.3. The molecule has 5 aromatic rings. The van der Waals surface area contributed by atoms with Crippen molar-refractivity contribution in [3.05, 3.63) is 106 Å². The second kappa shape index (κ2) is 8.87. The van der Waals surface area contributed by atoms with E-state index in [0.29, 0.717) is 28.0 Å². The second-order valence-electron chi connectivity index (χ2n) is 8.32. The van der Waals surface area contributed by atoms with Gasteiger partial charge in [0.25, 0.3) is 5.91 Å². The normalized spacial score (nSPS) is 11.0. The molecule has 0 saturated carbocycles. The Morgan fingerprint density at radius 1 is 0.853 bits per heavy atom. The summed E-state index contributed by atoms with van der Waals surface area (Å²) in [4.78, 5) is 26.1. The zero-order valence-electron chi connectivity index (χ0n) is 18.9. The first kappa shape index (κ1) is 21.5. The van der Waals surface area contributed by atoms with Gasteiger partial charge < -0.3 is 14.5 Å².